The van der Waals surface area contributed by atoms with Gasteiger partial charge in [-0.1, -0.05) is 18.2 Å². The first-order chi connectivity index (χ1) is 13.0. The largest absolute Gasteiger partial charge is 0.324 e. The Labute approximate surface area is 157 Å². The molecule has 27 heavy (non-hydrogen) atoms. The molecule has 2 saturated heterocycles. The van der Waals surface area contributed by atoms with Crippen LogP contribution in [-0.4, -0.2) is 36.5 Å². The number of nitrogens with one attached hydrogen (secondary N) is 1. The Morgan fingerprint density at radius 3 is 2.52 bits per heavy atom. The van der Waals surface area contributed by atoms with E-state index in [0.717, 1.165) is 11.3 Å². The van der Waals surface area contributed by atoms with E-state index in [1.807, 2.05) is 31.2 Å². The number of β-lactam (4-membered cyclic amide) rings is 1. The first-order valence-electron chi connectivity index (χ1n) is 9.17. The number of hydrogen-bond donors (Lipinski definition) is 1. The molecule has 2 aromatic rings. The van der Waals surface area contributed by atoms with Crippen molar-refractivity contribution in [3.8, 4) is 0 Å². The first-order valence-corrected chi connectivity index (χ1v) is 9.17. The predicted octanol–water partition coefficient (Wildman–Crippen LogP) is 3.80. The molecule has 3 amide bonds. The van der Waals surface area contributed by atoms with Gasteiger partial charge in [0.15, 0.2) is 0 Å². The van der Waals surface area contributed by atoms with Crippen LogP contribution in [0.1, 0.15) is 18.4 Å². The number of piperidine rings is 1. The predicted molar refractivity (Wildman–Crippen MR) is 102 cm³/mol. The number of nitrogens with zero attached hydrogens (tertiary/aromatic N) is 2. The number of anilines is 2. The lowest BCUT2D eigenvalue weighted by atomic mass is 9.71. The normalized spacial score (nSPS) is 18.4. The van der Waals surface area contributed by atoms with Crippen molar-refractivity contribution < 1.29 is 14.0 Å². The lowest BCUT2D eigenvalue weighted by molar-refractivity contribution is -0.138. The molecule has 0 aromatic heterocycles. The zero-order valence-electron chi connectivity index (χ0n) is 15.2. The number of halogens is 1. The van der Waals surface area contributed by atoms with E-state index >= 15 is 0 Å². The minimum atomic E-state index is -0.410. The third-order valence-corrected chi connectivity index (χ3v) is 5.56. The van der Waals surface area contributed by atoms with Crippen LogP contribution in [0.5, 0.6) is 0 Å². The van der Waals surface area contributed by atoms with Gasteiger partial charge in [0.1, 0.15) is 5.82 Å². The van der Waals surface area contributed by atoms with E-state index < -0.39 is 5.41 Å². The van der Waals surface area contributed by atoms with E-state index in [1.54, 1.807) is 21.9 Å². The molecule has 2 aromatic carbocycles. The van der Waals surface area contributed by atoms with Crippen molar-refractivity contribution in [1.29, 1.82) is 0 Å². The number of urea groups is 1. The Balaban J connectivity index is 1.35. The van der Waals surface area contributed by atoms with Crippen LogP contribution in [0.15, 0.2) is 48.5 Å². The molecule has 5 nitrogen and oxygen atoms in total. The highest BCUT2D eigenvalue weighted by Crippen LogP contribution is 2.44. The molecule has 0 atom stereocenters. The van der Waals surface area contributed by atoms with Gasteiger partial charge in [-0.05, 0) is 55.7 Å². The van der Waals surface area contributed by atoms with Gasteiger partial charge in [0.2, 0.25) is 5.91 Å². The van der Waals surface area contributed by atoms with Crippen molar-refractivity contribution in [2.45, 2.75) is 19.8 Å². The molecule has 2 fully saturated rings. The lowest BCUT2D eigenvalue weighted by Gasteiger charge is -2.52. The Morgan fingerprint density at radius 2 is 1.85 bits per heavy atom. The van der Waals surface area contributed by atoms with Gasteiger partial charge in [0.05, 0.1) is 5.41 Å². The number of carbonyl (C=O) groups is 2. The fourth-order valence-electron chi connectivity index (χ4n) is 3.92. The van der Waals surface area contributed by atoms with Crippen LogP contribution in [0, 0.1) is 18.2 Å². The SMILES string of the molecule is Cc1cccc(NC(=O)N2CCC3(CC2)CN(c2cccc(F)c2)C3=O)c1. The average molecular weight is 367 g/mol. The molecule has 2 aliphatic rings. The molecule has 0 unspecified atom stereocenters. The third kappa shape index (κ3) is 3.27. The molecule has 0 radical (unpaired) electrons. The molecule has 1 spiro atoms. The summed E-state index contributed by atoms with van der Waals surface area (Å²) < 4.78 is 13.4. The number of aryl methyl sites for hydroxylation is 1. The van der Waals surface area contributed by atoms with Crippen molar-refractivity contribution in [3.63, 3.8) is 0 Å². The Morgan fingerprint density at radius 1 is 1.11 bits per heavy atom. The van der Waals surface area contributed by atoms with E-state index in [9.17, 15) is 14.0 Å². The molecule has 1 N–H and O–H groups in total. The Hall–Kier alpha value is -2.89. The summed E-state index contributed by atoms with van der Waals surface area (Å²) in [6.07, 6.45) is 1.28. The number of hydrogen-bond acceptors (Lipinski definition) is 2. The highest BCUT2D eigenvalue weighted by atomic mass is 19.1. The molecule has 0 saturated carbocycles. The van der Waals surface area contributed by atoms with Gasteiger partial charge in [-0.25, -0.2) is 9.18 Å². The molecule has 2 heterocycles. The van der Waals surface area contributed by atoms with Crippen LogP contribution < -0.4 is 10.2 Å². The van der Waals surface area contributed by atoms with Crippen LogP contribution in [0.4, 0.5) is 20.6 Å². The summed E-state index contributed by atoms with van der Waals surface area (Å²) in [5, 5.41) is 2.92. The number of benzene rings is 2. The van der Waals surface area contributed by atoms with Crippen molar-refractivity contribution in [2.24, 2.45) is 5.41 Å². The van der Waals surface area contributed by atoms with Crippen molar-refractivity contribution >= 4 is 23.3 Å². The number of carbonyl (C=O) groups excluding carboxylic acids is 2. The van der Waals surface area contributed by atoms with E-state index in [-0.39, 0.29) is 17.8 Å². The van der Waals surface area contributed by atoms with Gasteiger partial charge in [-0.15, -0.1) is 0 Å². The highest BCUT2D eigenvalue weighted by Gasteiger charge is 2.53. The second-order valence-corrected chi connectivity index (χ2v) is 7.44. The van der Waals surface area contributed by atoms with Crippen LogP contribution in [0.3, 0.4) is 0 Å². The molecule has 0 bridgehead atoms. The van der Waals surface area contributed by atoms with E-state index in [4.69, 9.17) is 0 Å². The van der Waals surface area contributed by atoms with Crippen molar-refractivity contribution in [1.82, 2.24) is 4.90 Å². The van der Waals surface area contributed by atoms with Crippen LogP contribution in [-0.2, 0) is 4.79 Å². The summed E-state index contributed by atoms with van der Waals surface area (Å²) in [6, 6.07) is 13.7. The minimum absolute atomic E-state index is 0.0341. The molecule has 2 aliphatic heterocycles. The summed E-state index contributed by atoms with van der Waals surface area (Å²) in [7, 11) is 0. The fraction of sp³-hybridized carbons (Fsp3) is 0.333. The topological polar surface area (TPSA) is 52.7 Å². The van der Waals surface area contributed by atoms with Gasteiger partial charge in [0, 0.05) is 31.0 Å². The third-order valence-electron chi connectivity index (χ3n) is 5.56. The highest BCUT2D eigenvalue weighted by molar-refractivity contribution is 6.04. The van der Waals surface area contributed by atoms with E-state index in [1.165, 1.54) is 12.1 Å². The standard InChI is InChI=1S/C21H22FN3O2/c1-15-4-2-6-17(12-15)23-20(27)24-10-8-21(9-11-24)14-25(19(21)26)18-7-3-5-16(22)13-18/h2-7,12-13H,8-11,14H2,1H3,(H,23,27). The summed E-state index contributed by atoms with van der Waals surface area (Å²) in [5.41, 5.74) is 2.05. The van der Waals surface area contributed by atoms with Crippen molar-refractivity contribution in [2.75, 3.05) is 29.9 Å². The Bertz CT molecular complexity index is 891. The second kappa shape index (κ2) is 6.68. The zero-order chi connectivity index (χ0) is 19.0. The van der Waals surface area contributed by atoms with Gasteiger partial charge in [0.25, 0.3) is 0 Å². The van der Waals surface area contributed by atoms with E-state index in [2.05, 4.69) is 5.32 Å². The maximum absolute atomic E-state index is 13.4. The monoisotopic (exact) mass is 367 g/mol. The quantitative estimate of drug-likeness (QED) is 0.821. The maximum atomic E-state index is 13.4. The summed E-state index contributed by atoms with van der Waals surface area (Å²) in [6.45, 7) is 3.65. The van der Waals surface area contributed by atoms with Crippen LogP contribution in [0.2, 0.25) is 0 Å². The molecule has 140 valence electrons. The maximum Gasteiger partial charge on any atom is 0.321 e. The molecular formula is C21H22FN3O2. The van der Waals surface area contributed by atoms with Gasteiger partial charge in [-0.2, -0.15) is 0 Å². The lowest BCUT2D eigenvalue weighted by Crippen LogP contribution is -2.65. The first kappa shape index (κ1) is 17.5. The van der Waals surface area contributed by atoms with Gasteiger partial charge < -0.3 is 15.1 Å². The number of amides is 3. The smallest absolute Gasteiger partial charge is 0.321 e. The summed E-state index contributed by atoms with van der Waals surface area (Å²) in [5.74, 6) is -0.310. The van der Waals surface area contributed by atoms with Crippen LogP contribution >= 0.6 is 0 Å². The Kier molecular flexibility index (Phi) is 4.34. The molecule has 4 rings (SSSR count). The number of likely N-dealkylation sites (tertiary alicyclic amines) is 1. The number of rotatable bonds is 2. The second-order valence-electron chi connectivity index (χ2n) is 7.44. The zero-order valence-corrected chi connectivity index (χ0v) is 15.2. The molecular weight excluding hydrogens is 345 g/mol. The molecule has 0 aliphatic carbocycles. The molecule has 6 heteroatoms. The average Bonchev–Trinajstić information content (AvgIpc) is 2.66. The van der Waals surface area contributed by atoms with Crippen molar-refractivity contribution in [3.05, 3.63) is 59.9 Å². The minimum Gasteiger partial charge on any atom is -0.324 e. The van der Waals surface area contributed by atoms with Gasteiger partial charge >= 0.3 is 6.03 Å². The summed E-state index contributed by atoms with van der Waals surface area (Å²) in [4.78, 5) is 28.6. The fourth-order valence-corrected chi connectivity index (χ4v) is 3.92. The van der Waals surface area contributed by atoms with Crippen LogP contribution in [0.25, 0.3) is 0 Å². The summed E-state index contributed by atoms with van der Waals surface area (Å²) >= 11 is 0. The van der Waals surface area contributed by atoms with Gasteiger partial charge in [-0.3, -0.25) is 4.79 Å². The van der Waals surface area contributed by atoms with E-state index in [0.29, 0.717) is 38.2 Å².